The molecule has 1 atom stereocenters. The number of carbonyl (C=O) groups is 1. The molecule has 3 N–H and O–H groups in total. The van der Waals surface area contributed by atoms with Crippen molar-refractivity contribution in [2.24, 2.45) is 0 Å². The zero-order valence-electron chi connectivity index (χ0n) is 20.6. The fourth-order valence-corrected chi connectivity index (χ4v) is 5.06. The molecule has 1 amide bonds. The van der Waals surface area contributed by atoms with E-state index in [0.717, 1.165) is 29.7 Å². The van der Waals surface area contributed by atoms with Crippen molar-refractivity contribution in [3.63, 3.8) is 0 Å². The van der Waals surface area contributed by atoms with Crippen LogP contribution in [-0.4, -0.2) is 45.4 Å². The molecule has 0 aliphatic heterocycles. The second-order valence-electron chi connectivity index (χ2n) is 9.23. The predicted octanol–water partition coefficient (Wildman–Crippen LogP) is 3.46. The number of imidazole rings is 1. The maximum absolute atomic E-state index is 12.8. The Bertz CT molecular complexity index is 1830. The van der Waals surface area contributed by atoms with Crippen LogP contribution in [0, 0.1) is 0 Å². The number of nitrogens with zero attached hydrogens (tertiary/aromatic N) is 8. The van der Waals surface area contributed by atoms with Gasteiger partial charge in [-0.3, -0.25) is 14.3 Å². The van der Waals surface area contributed by atoms with Crippen LogP contribution < -0.4 is 11.1 Å². The van der Waals surface area contributed by atoms with Crippen LogP contribution in [0.4, 0.5) is 5.82 Å². The summed E-state index contributed by atoms with van der Waals surface area (Å²) in [7, 11) is 0. The van der Waals surface area contributed by atoms with Gasteiger partial charge in [0, 0.05) is 24.3 Å². The minimum absolute atomic E-state index is 0.0784. The van der Waals surface area contributed by atoms with E-state index in [9.17, 15) is 4.79 Å². The molecular formula is C28H22N10O. The van der Waals surface area contributed by atoms with Crippen LogP contribution >= 0.6 is 0 Å². The first-order valence-electron chi connectivity index (χ1n) is 12.5. The van der Waals surface area contributed by atoms with E-state index in [1.807, 2.05) is 34.9 Å². The van der Waals surface area contributed by atoms with E-state index in [2.05, 4.69) is 37.6 Å². The number of anilines is 1. The normalized spacial score (nSPS) is 14.4. The summed E-state index contributed by atoms with van der Waals surface area (Å²) in [6.07, 6.45) is 9.73. The lowest BCUT2D eigenvalue weighted by Crippen LogP contribution is -2.27. The fourth-order valence-electron chi connectivity index (χ4n) is 5.06. The average Bonchev–Trinajstić information content (AvgIpc) is 3.72. The van der Waals surface area contributed by atoms with E-state index in [0.29, 0.717) is 39.8 Å². The summed E-state index contributed by atoms with van der Waals surface area (Å²) in [6, 6.07) is 17.1. The van der Waals surface area contributed by atoms with E-state index in [-0.39, 0.29) is 11.9 Å². The number of pyridine rings is 3. The van der Waals surface area contributed by atoms with E-state index < -0.39 is 0 Å². The highest BCUT2D eigenvalue weighted by atomic mass is 16.1. The average molecular weight is 515 g/mol. The summed E-state index contributed by atoms with van der Waals surface area (Å²) in [6.45, 7) is 0. The molecule has 1 aromatic carbocycles. The molecule has 5 aromatic heterocycles. The molecule has 6 aromatic rings. The predicted molar refractivity (Wildman–Crippen MR) is 144 cm³/mol. The largest absolute Gasteiger partial charge is 0.383 e. The highest BCUT2D eigenvalue weighted by molar-refractivity contribution is 5.94. The van der Waals surface area contributed by atoms with Crippen molar-refractivity contribution in [1.82, 2.24) is 44.8 Å². The number of aryl methyl sites for hydroxylation is 1. The van der Waals surface area contributed by atoms with Gasteiger partial charge in [-0.25, -0.2) is 15.0 Å². The number of hydrogen-bond acceptors (Lipinski definition) is 8. The maximum atomic E-state index is 12.8. The van der Waals surface area contributed by atoms with Gasteiger partial charge in [0.2, 0.25) is 0 Å². The van der Waals surface area contributed by atoms with Gasteiger partial charge in [0.1, 0.15) is 11.3 Å². The molecule has 1 aliphatic carbocycles. The van der Waals surface area contributed by atoms with Crippen LogP contribution in [0.1, 0.15) is 33.9 Å². The van der Waals surface area contributed by atoms with Gasteiger partial charge in [-0.2, -0.15) is 10.2 Å². The SMILES string of the molecule is Nc1ncccc1-c1nc2ccc(-n3nccn3)nc2n1-c1ccc2c(c1)CC[C@@H]2NC(=O)c1cccnc1. The molecule has 0 saturated carbocycles. The van der Waals surface area contributed by atoms with Gasteiger partial charge in [-0.1, -0.05) is 6.07 Å². The Balaban J connectivity index is 1.33. The third kappa shape index (κ3) is 3.96. The molecule has 7 rings (SSSR count). The monoisotopic (exact) mass is 514 g/mol. The number of rotatable bonds is 5. The number of aromatic nitrogens is 8. The molecule has 190 valence electrons. The summed E-state index contributed by atoms with van der Waals surface area (Å²) < 4.78 is 1.98. The van der Waals surface area contributed by atoms with Gasteiger partial charge in [-0.15, -0.1) is 4.80 Å². The van der Waals surface area contributed by atoms with Gasteiger partial charge in [0.15, 0.2) is 17.3 Å². The Morgan fingerprint density at radius 3 is 2.67 bits per heavy atom. The molecule has 0 spiro atoms. The molecule has 0 unspecified atom stereocenters. The topological polar surface area (TPSA) is 142 Å². The number of nitrogen functional groups attached to an aromatic ring is 1. The number of amides is 1. The number of nitrogens with one attached hydrogen (secondary N) is 1. The van der Waals surface area contributed by atoms with Crippen LogP contribution in [0.25, 0.3) is 34.1 Å². The molecule has 39 heavy (non-hydrogen) atoms. The highest BCUT2D eigenvalue weighted by Crippen LogP contribution is 2.36. The van der Waals surface area contributed by atoms with E-state index in [1.165, 1.54) is 4.80 Å². The van der Waals surface area contributed by atoms with Crippen LogP contribution in [0.15, 0.2) is 85.6 Å². The Morgan fingerprint density at radius 1 is 0.974 bits per heavy atom. The Kier molecular flexibility index (Phi) is 5.32. The number of nitrogens with two attached hydrogens (primary N) is 1. The molecule has 0 radical (unpaired) electrons. The van der Waals surface area contributed by atoms with E-state index in [1.54, 1.807) is 43.1 Å². The van der Waals surface area contributed by atoms with E-state index >= 15 is 0 Å². The molecule has 1 aliphatic rings. The summed E-state index contributed by atoms with van der Waals surface area (Å²) in [5, 5.41) is 11.6. The third-order valence-electron chi connectivity index (χ3n) is 6.88. The van der Waals surface area contributed by atoms with Gasteiger partial charge in [0.05, 0.1) is 29.6 Å². The Morgan fingerprint density at radius 2 is 1.85 bits per heavy atom. The molecule has 11 nitrogen and oxygen atoms in total. The van der Waals surface area contributed by atoms with Crippen molar-refractivity contribution in [3.05, 3.63) is 102 Å². The molecule has 0 fully saturated rings. The van der Waals surface area contributed by atoms with Crippen LogP contribution in [0.3, 0.4) is 0 Å². The number of benzene rings is 1. The van der Waals surface area contributed by atoms with Crippen LogP contribution in [0.5, 0.6) is 0 Å². The number of carbonyl (C=O) groups excluding carboxylic acids is 1. The van der Waals surface area contributed by atoms with Crippen molar-refractivity contribution < 1.29 is 4.79 Å². The van der Waals surface area contributed by atoms with Gasteiger partial charge in [-0.05, 0) is 72.5 Å². The maximum Gasteiger partial charge on any atom is 0.253 e. The van der Waals surface area contributed by atoms with E-state index in [4.69, 9.17) is 15.7 Å². The highest BCUT2D eigenvalue weighted by Gasteiger charge is 2.26. The van der Waals surface area contributed by atoms with Crippen LogP contribution in [-0.2, 0) is 6.42 Å². The quantitative estimate of drug-likeness (QED) is 0.356. The summed E-state index contributed by atoms with van der Waals surface area (Å²) in [5.41, 5.74) is 12.0. The molecule has 11 heteroatoms. The lowest BCUT2D eigenvalue weighted by atomic mass is 10.1. The minimum Gasteiger partial charge on any atom is -0.383 e. The zero-order valence-corrected chi connectivity index (χ0v) is 20.6. The first kappa shape index (κ1) is 22.7. The second-order valence-corrected chi connectivity index (χ2v) is 9.23. The molecule has 5 heterocycles. The fraction of sp³-hybridized carbons (Fsp3) is 0.107. The number of fused-ring (bicyclic) bond motifs is 2. The van der Waals surface area contributed by atoms with Crippen LogP contribution in [0.2, 0.25) is 0 Å². The van der Waals surface area contributed by atoms with Gasteiger partial charge >= 0.3 is 0 Å². The lowest BCUT2D eigenvalue weighted by molar-refractivity contribution is 0.0936. The standard InChI is InChI=1S/C28H22N10O/c29-25-21(4-2-12-31-25)26-34-23-9-10-24(38-32-13-14-33-38)36-27(23)37(26)19-6-7-20-17(15-19)5-8-22(20)35-28(39)18-3-1-11-30-16-18/h1-4,6-7,9-16,22H,5,8H2,(H2,29,31)(H,35,39)/t22-/m0/s1. The second kappa shape index (κ2) is 9.14. The molecule has 0 saturated heterocycles. The minimum atomic E-state index is -0.135. The first-order chi connectivity index (χ1) is 19.2. The van der Waals surface area contributed by atoms with Gasteiger partial charge in [0.25, 0.3) is 5.91 Å². The van der Waals surface area contributed by atoms with Gasteiger partial charge < -0.3 is 11.1 Å². The Labute approximate surface area is 222 Å². The summed E-state index contributed by atoms with van der Waals surface area (Å²) in [5.74, 6) is 1.44. The smallest absolute Gasteiger partial charge is 0.253 e. The molecule has 0 bridgehead atoms. The lowest BCUT2D eigenvalue weighted by Gasteiger charge is -2.16. The first-order valence-corrected chi connectivity index (χ1v) is 12.5. The van der Waals surface area contributed by atoms with Crippen molar-refractivity contribution in [2.75, 3.05) is 5.73 Å². The number of hydrogen-bond donors (Lipinski definition) is 2. The van der Waals surface area contributed by atoms with Crippen molar-refractivity contribution >= 4 is 22.9 Å². The van der Waals surface area contributed by atoms with Crippen molar-refractivity contribution in [3.8, 4) is 22.9 Å². The molecular weight excluding hydrogens is 492 g/mol. The van der Waals surface area contributed by atoms with Crippen molar-refractivity contribution in [1.29, 1.82) is 0 Å². The summed E-state index contributed by atoms with van der Waals surface area (Å²) >= 11 is 0. The zero-order chi connectivity index (χ0) is 26.3. The Hall–Kier alpha value is -5.45. The third-order valence-corrected chi connectivity index (χ3v) is 6.88. The summed E-state index contributed by atoms with van der Waals surface area (Å²) in [4.78, 5) is 32.3. The van der Waals surface area contributed by atoms with Crippen molar-refractivity contribution in [2.45, 2.75) is 18.9 Å².